The molecule has 0 fully saturated rings. The van der Waals surface area contributed by atoms with Crippen LogP contribution in [-0.2, 0) is 13.0 Å². The van der Waals surface area contributed by atoms with Gasteiger partial charge in [0.2, 0.25) is 0 Å². The molecule has 0 saturated heterocycles. The van der Waals surface area contributed by atoms with E-state index in [1.165, 1.54) is 11.1 Å². The van der Waals surface area contributed by atoms with Gasteiger partial charge in [-0.25, -0.2) is 4.98 Å². The minimum absolute atomic E-state index is 0.0978. The predicted molar refractivity (Wildman–Crippen MR) is 149 cm³/mol. The number of para-hydroxylation sites is 2. The summed E-state index contributed by atoms with van der Waals surface area (Å²) in [4.78, 5) is 17.4. The maximum atomic E-state index is 12.5. The van der Waals surface area contributed by atoms with Crippen LogP contribution in [0.1, 0.15) is 59.9 Å². The quantitative estimate of drug-likeness (QED) is 0.232. The van der Waals surface area contributed by atoms with E-state index in [-0.39, 0.29) is 5.91 Å². The molecule has 0 spiro atoms. The summed E-state index contributed by atoms with van der Waals surface area (Å²) in [6, 6.07) is 21.8. The molecule has 0 atom stereocenters. The average Bonchev–Trinajstić information content (AvgIpc) is 3.25. The average molecular weight is 500 g/mol. The van der Waals surface area contributed by atoms with Crippen molar-refractivity contribution < 1.29 is 14.3 Å². The Bertz CT molecular complexity index is 1330. The van der Waals surface area contributed by atoms with Crippen LogP contribution in [0.25, 0.3) is 11.0 Å². The topological polar surface area (TPSA) is 65.4 Å². The summed E-state index contributed by atoms with van der Waals surface area (Å²) in [5, 5.41) is 3.02. The Kier molecular flexibility index (Phi) is 8.83. The number of aryl methyl sites for hydroxylation is 2. The van der Waals surface area contributed by atoms with Gasteiger partial charge in [0.05, 0.1) is 24.8 Å². The second-order valence-corrected chi connectivity index (χ2v) is 9.65. The van der Waals surface area contributed by atoms with E-state index in [2.05, 4.69) is 54.9 Å². The maximum Gasteiger partial charge on any atom is 0.251 e. The Labute approximate surface area is 219 Å². The molecule has 1 aromatic heterocycles. The molecule has 37 heavy (non-hydrogen) atoms. The molecule has 1 N–H and O–H groups in total. The number of aromatic nitrogens is 2. The van der Waals surface area contributed by atoms with Crippen molar-refractivity contribution >= 4 is 16.9 Å². The number of carbonyl (C=O) groups excluding carboxylic acids is 1. The highest BCUT2D eigenvalue weighted by Gasteiger charge is 2.12. The number of ether oxygens (including phenoxy) is 2. The first-order valence-electron chi connectivity index (χ1n) is 13.1. The van der Waals surface area contributed by atoms with Gasteiger partial charge in [-0.05, 0) is 79.3 Å². The fourth-order valence-corrected chi connectivity index (χ4v) is 4.50. The summed E-state index contributed by atoms with van der Waals surface area (Å²) in [5.74, 6) is 3.05. The number of unbranched alkanes of at least 4 members (excludes halogenated alkanes) is 1. The lowest BCUT2D eigenvalue weighted by Crippen LogP contribution is -2.26. The predicted octanol–water partition coefficient (Wildman–Crippen LogP) is 6.31. The number of methoxy groups -OCH3 is 1. The van der Waals surface area contributed by atoms with E-state index in [0.29, 0.717) is 31.1 Å². The Morgan fingerprint density at radius 3 is 2.57 bits per heavy atom. The summed E-state index contributed by atoms with van der Waals surface area (Å²) in [5.41, 5.74) is 5.19. The van der Waals surface area contributed by atoms with E-state index >= 15 is 0 Å². The summed E-state index contributed by atoms with van der Waals surface area (Å²) in [7, 11) is 1.61. The van der Waals surface area contributed by atoms with Crippen LogP contribution < -0.4 is 14.8 Å². The van der Waals surface area contributed by atoms with Crippen molar-refractivity contribution in [1.29, 1.82) is 0 Å². The van der Waals surface area contributed by atoms with Gasteiger partial charge in [0.15, 0.2) is 0 Å². The Hall–Kier alpha value is -3.80. The SMILES string of the molecule is COc1ccc(C(=O)NCCc2nc3ccccc3n2CCCCOc2cc(C)ccc2C(C)C)cc1. The Balaban J connectivity index is 1.34. The van der Waals surface area contributed by atoms with Crippen LogP contribution in [0.3, 0.4) is 0 Å². The van der Waals surface area contributed by atoms with E-state index < -0.39 is 0 Å². The minimum atomic E-state index is -0.0978. The van der Waals surface area contributed by atoms with Crippen molar-refractivity contribution in [3.63, 3.8) is 0 Å². The van der Waals surface area contributed by atoms with Gasteiger partial charge in [0.25, 0.3) is 5.91 Å². The summed E-state index contributed by atoms with van der Waals surface area (Å²) in [6.07, 6.45) is 2.59. The minimum Gasteiger partial charge on any atom is -0.497 e. The molecule has 4 aromatic rings. The monoisotopic (exact) mass is 499 g/mol. The van der Waals surface area contributed by atoms with Crippen molar-refractivity contribution in [3.05, 3.63) is 89.2 Å². The van der Waals surface area contributed by atoms with E-state index in [4.69, 9.17) is 14.5 Å². The normalized spacial score (nSPS) is 11.2. The zero-order valence-electron chi connectivity index (χ0n) is 22.3. The first-order chi connectivity index (χ1) is 18.0. The van der Waals surface area contributed by atoms with Crippen molar-refractivity contribution in [2.45, 2.75) is 52.5 Å². The van der Waals surface area contributed by atoms with Crippen LogP contribution in [0.15, 0.2) is 66.7 Å². The number of fused-ring (bicyclic) bond motifs is 1. The highest BCUT2D eigenvalue weighted by Crippen LogP contribution is 2.27. The second-order valence-electron chi connectivity index (χ2n) is 9.65. The molecule has 6 heteroatoms. The molecular weight excluding hydrogens is 462 g/mol. The highest BCUT2D eigenvalue weighted by atomic mass is 16.5. The molecule has 3 aromatic carbocycles. The largest absolute Gasteiger partial charge is 0.497 e. The molecule has 1 heterocycles. The van der Waals surface area contributed by atoms with Crippen LogP contribution >= 0.6 is 0 Å². The third-order valence-corrected chi connectivity index (χ3v) is 6.54. The van der Waals surface area contributed by atoms with Gasteiger partial charge in [-0.3, -0.25) is 4.79 Å². The van der Waals surface area contributed by atoms with Crippen molar-refractivity contribution in [2.24, 2.45) is 0 Å². The zero-order valence-corrected chi connectivity index (χ0v) is 22.3. The molecular formula is C31H37N3O3. The Morgan fingerprint density at radius 1 is 1.03 bits per heavy atom. The third-order valence-electron chi connectivity index (χ3n) is 6.54. The molecule has 194 valence electrons. The van der Waals surface area contributed by atoms with E-state index in [9.17, 15) is 4.79 Å². The summed E-state index contributed by atoms with van der Waals surface area (Å²) < 4.78 is 13.6. The molecule has 0 aliphatic carbocycles. The van der Waals surface area contributed by atoms with Crippen LogP contribution in [0.5, 0.6) is 11.5 Å². The molecule has 0 bridgehead atoms. The van der Waals surface area contributed by atoms with Gasteiger partial charge < -0.3 is 19.4 Å². The van der Waals surface area contributed by atoms with E-state index in [0.717, 1.165) is 47.7 Å². The number of amides is 1. The molecule has 0 aliphatic rings. The lowest BCUT2D eigenvalue weighted by molar-refractivity contribution is 0.0954. The van der Waals surface area contributed by atoms with Crippen molar-refractivity contribution in [2.75, 3.05) is 20.3 Å². The van der Waals surface area contributed by atoms with Gasteiger partial charge in [0.1, 0.15) is 17.3 Å². The fourth-order valence-electron chi connectivity index (χ4n) is 4.50. The second kappa shape index (κ2) is 12.4. The number of imidazole rings is 1. The molecule has 1 amide bonds. The molecule has 0 saturated carbocycles. The number of carbonyl (C=O) groups is 1. The number of nitrogens with zero attached hydrogens (tertiary/aromatic N) is 2. The maximum absolute atomic E-state index is 12.5. The van der Waals surface area contributed by atoms with Crippen LogP contribution in [-0.4, -0.2) is 35.7 Å². The number of benzene rings is 3. The number of hydrogen-bond acceptors (Lipinski definition) is 4. The highest BCUT2D eigenvalue weighted by molar-refractivity contribution is 5.94. The molecule has 4 rings (SSSR count). The first kappa shape index (κ1) is 26.3. The summed E-state index contributed by atoms with van der Waals surface area (Å²) in [6.45, 7) is 8.55. The third kappa shape index (κ3) is 6.70. The number of rotatable bonds is 12. The number of hydrogen-bond donors (Lipinski definition) is 1. The lowest BCUT2D eigenvalue weighted by atomic mass is 10.0. The van der Waals surface area contributed by atoms with Gasteiger partial charge in [-0.2, -0.15) is 0 Å². The van der Waals surface area contributed by atoms with Crippen LogP contribution in [0, 0.1) is 6.92 Å². The number of nitrogens with one attached hydrogen (secondary N) is 1. The lowest BCUT2D eigenvalue weighted by Gasteiger charge is -2.15. The molecule has 0 aliphatic heterocycles. The van der Waals surface area contributed by atoms with Gasteiger partial charge in [0, 0.05) is 25.1 Å². The molecule has 0 radical (unpaired) electrons. The van der Waals surface area contributed by atoms with Gasteiger partial charge >= 0.3 is 0 Å². The standard InChI is InChI=1S/C31H37N3O3/c1-22(2)26-16-11-23(3)21-29(26)37-20-8-7-19-34-28-10-6-5-9-27(28)33-30(34)17-18-32-31(35)24-12-14-25(36-4)15-13-24/h5-6,9-16,21-22H,7-8,17-20H2,1-4H3,(H,32,35). The summed E-state index contributed by atoms with van der Waals surface area (Å²) >= 11 is 0. The van der Waals surface area contributed by atoms with Crippen LogP contribution in [0.4, 0.5) is 0 Å². The smallest absolute Gasteiger partial charge is 0.251 e. The molecule has 6 nitrogen and oxygen atoms in total. The van der Waals surface area contributed by atoms with E-state index in [1.54, 1.807) is 31.4 Å². The molecule has 0 unspecified atom stereocenters. The van der Waals surface area contributed by atoms with Crippen molar-refractivity contribution in [1.82, 2.24) is 14.9 Å². The van der Waals surface area contributed by atoms with Gasteiger partial charge in [-0.1, -0.05) is 38.1 Å². The van der Waals surface area contributed by atoms with Crippen molar-refractivity contribution in [3.8, 4) is 11.5 Å². The zero-order chi connectivity index (χ0) is 26.2. The fraction of sp³-hybridized carbons (Fsp3) is 0.355. The van der Waals surface area contributed by atoms with Gasteiger partial charge in [-0.15, -0.1) is 0 Å². The van der Waals surface area contributed by atoms with Crippen LogP contribution in [0.2, 0.25) is 0 Å². The Morgan fingerprint density at radius 2 is 1.81 bits per heavy atom. The van der Waals surface area contributed by atoms with E-state index in [1.807, 2.05) is 18.2 Å². The first-order valence-corrected chi connectivity index (χ1v) is 13.1.